The maximum absolute atomic E-state index is 13.5. The zero-order valence-corrected chi connectivity index (χ0v) is 19.5. The Kier molecular flexibility index (Phi) is 6.30. The fourth-order valence-corrected chi connectivity index (χ4v) is 5.58. The molecule has 3 heterocycles. The predicted octanol–water partition coefficient (Wildman–Crippen LogP) is 2.20. The minimum atomic E-state index is -0.208. The van der Waals surface area contributed by atoms with Crippen LogP contribution in [0.15, 0.2) is 23.0 Å². The number of nitrogens with zero attached hydrogens (tertiary/aromatic N) is 4. The Labute approximate surface area is 193 Å². The Morgan fingerprint density at radius 3 is 2.39 bits per heavy atom. The van der Waals surface area contributed by atoms with Gasteiger partial charge in [-0.1, -0.05) is 12.8 Å². The number of likely N-dealkylation sites (tertiary alicyclic amines) is 1. The molecule has 2 fully saturated rings. The first kappa shape index (κ1) is 21.9. The van der Waals surface area contributed by atoms with Crippen LogP contribution in [0.4, 0.5) is 0 Å². The van der Waals surface area contributed by atoms with Gasteiger partial charge in [0.15, 0.2) is 17.5 Å². The number of fused-ring (bicyclic) bond motifs is 1. The molecule has 1 saturated heterocycles. The van der Waals surface area contributed by atoms with E-state index in [4.69, 9.17) is 9.47 Å². The molecule has 5 rings (SSSR count). The van der Waals surface area contributed by atoms with Gasteiger partial charge in [-0.15, -0.1) is 5.10 Å². The third-order valence-electron chi connectivity index (χ3n) is 7.29. The minimum Gasteiger partial charge on any atom is -0.493 e. The Bertz CT molecular complexity index is 1160. The summed E-state index contributed by atoms with van der Waals surface area (Å²) in [4.78, 5) is 17.9. The quantitative estimate of drug-likeness (QED) is 0.594. The van der Waals surface area contributed by atoms with E-state index in [2.05, 4.69) is 20.5 Å². The molecule has 0 radical (unpaired) electrons. The summed E-state index contributed by atoms with van der Waals surface area (Å²) in [6.45, 7) is 2.01. The highest BCUT2D eigenvalue weighted by atomic mass is 16.5. The zero-order valence-electron chi connectivity index (χ0n) is 19.5. The topological polar surface area (TPSA) is 99.4 Å². The van der Waals surface area contributed by atoms with Gasteiger partial charge >= 0.3 is 0 Å². The molecule has 2 aliphatic rings. The van der Waals surface area contributed by atoms with E-state index in [0.29, 0.717) is 23.1 Å². The Morgan fingerprint density at radius 2 is 1.70 bits per heavy atom. The molecule has 1 aromatic carbocycles. The number of benzene rings is 1. The SMILES string of the molecule is COc1cc2cc([C@H](c3nnnn3C3CCCC3)[NH+]3CCCCCC3)c(=O)[nH]c2cc1OC. The predicted molar refractivity (Wildman–Crippen MR) is 124 cm³/mol. The molecule has 1 atom stereocenters. The highest BCUT2D eigenvalue weighted by molar-refractivity contribution is 5.83. The molecule has 0 amide bonds. The normalized spacial score (nSPS) is 19.0. The van der Waals surface area contributed by atoms with Gasteiger partial charge in [-0.2, -0.15) is 0 Å². The van der Waals surface area contributed by atoms with E-state index in [0.717, 1.165) is 55.5 Å². The first-order chi connectivity index (χ1) is 16.2. The largest absolute Gasteiger partial charge is 0.493 e. The van der Waals surface area contributed by atoms with Crippen molar-refractivity contribution < 1.29 is 14.4 Å². The lowest BCUT2D eigenvalue weighted by atomic mass is 10.0. The number of nitrogens with one attached hydrogen (secondary N) is 2. The van der Waals surface area contributed by atoms with Crippen LogP contribution in [0.3, 0.4) is 0 Å². The molecule has 9 heteroatoms. The van der Waals surface area contributed by atoms with Crippen molar-refractivity contribution in [3.05, 3.63) is 39.9 Å². The number of hydrogen-bond donors (Lipinski definition) is 2. The summed E-state index contributed by atoms with van der Waals surface area (Å²) in [6.07, 6.45) is 9.33. The summed E-state index contributed by atoms with van der Waals surface area (Å²) in [5.41, 5.74) is 1.33. The summed E-state index contributed by atoms with van der Waals surface area (Å²) >= 11 is 0. The van der Waals surface area contributed by atoms with Crippen molar-refractivity contribution in [1.82, 2.24) is 25.2 Å². The van der Waals surface area contributed by atoms with Crippen LogP contribution in [0, 0.1) is 0 Å². The molecule has 1 aliphatic heterocycles. The van der Waals surface area contributed by atoms with Gasteiger partial charge in [0.05, 0.1) is 44.4 Å². The summed E-state index contributed by atoms with van der Waals surface area (Å²) in [6, 6.07) is 5.83. The fourth-order valence-electron chi connectivity index (χ4n) is 5.58. The smallest absolute Gasteiger partial charge is 0.258 e. The average Bonchev–Trinajstić information content (AvgIpc) is 3.46. The first-order valence-electron chi connectivity index (χ1n) is 12.1. The first-order valence-corrected chi connectivity index (χ1v) is 12.1. The van der Waals surface area contributed by atoms with Crippen molar-refractivity contribution in [1.29, 1.82) is 0 Å². The van der Waals surface area contributed by atoms with Crippen LogP contribution in [0.2, 0.25) is 0 Å². The zero-order chi connectivity index (χ0) is 22.8. The number of rotatable bonds is 6. The van der Waals surface area contributed by atoms with E-state index in [-0.39, 0.29) is 11.6 Å². The number of quaternary nitrogens is 1. The van der Waals surface area contributed by atoms with Gasteiger partial charge in [0.25, 0.3) is 5.56 Å². The van der Waals surface area contributed by atoms with Gasteiger partial charge in [-0.3, -0.25) is 4.79 Å². The van der Waals surface area contributed by atoms with Gasteiger partial charge in [-0.05, 0) is 61.1 Å². The minimum absolute atomic E-state index is 0.0996. The van der Waals surface area contributed by atoms with E-state index >= 15 is 0 Å². The Balaban J connectivity index is 1.66. The van der Waals surface area contributed by atoms with E-state index < -0.39 is 0 Å². The van der Waals surface area contributed by atoms with Crippen LogP contribution in [0.25, 0.3) is 10.9 Å². The highest BCUT2D eigenvalue weighted by Gasteiger charge is 2.36. The van der Waals surface area contributed by atoms with Gasteiger partial charge < -0.3 is 19.4 Å². The molecule has 33 heavy (non-hydrogen) atoms. The van der Waals surface area contributed by atoms with Crippen LogP contribution < -0.4 is 19.9 Å². The lowest BCUT2D eigenvalue weighted by Crippen LogP contribution is -3.12. The number of H-pyrrole nitrogens is 1. The summed E-state index contributed by atoms with van der Waals surface area (Å²) in [7, 11) is 3.22. The third-order valence-corrected chi connectivity index (χ3v) is 7.29. The molecule has 0 bridgehead atoms. The van der Waals surface area contributed by atoms with E-state index in [9.17, 15) is 4.79 Å². The average molecular weight is 454 g/mol. The number of pyridine rings is 1. The van der Waals surface area contributed by atoms with E-state index in [1.54, 1.807) is 14.2 Å². The molecule has 0 unspecified atom stereocenters. The van der Waals surface area contributed by atoms with Gasteiger partial charge in [0.1, 0.15) is 0 Å². The van der Waals surface area contributed by atoms with Crippen molar-refractivity contribution in [3.63, 3.8) is 0 Å². The van der Waals surface area contributed by atoms with Crippen molar-refractivity contribution in [3.8, 4) is 11.5 Å². The van der Waals surface area contributed by atoms with Crippen LogP contribution in [0.1, 0.15) is 74.8 Å². The highest BCUT2D eigenvalue weighted by Crippen LogP contribution is 2.33. The lowest BCUT2D eigenvalue weighted by Gasteiger charge is -2.27. The van der Waals surface area contributed by atoms with Crippen molar-refractivity contribution in [2.24, 2.45) is 0 Å². The van der Waals surface area contributed by atoms with E-state index in [1.807, 2.05) is 22.9 Å². The van der Waals surface area contributed by atoms with Crippen LogP contribution in [-0.2, 0) is 0 Å². The van der Waals surface area contributed by atoms with Crippen molar-refractivity contribution in [2.45, 2.75) is 63.5 Å². The molecular formula is C24H33N6O3+. The van der Waals surface area contributed by atoms with Gasteiger partial charge in [0.2, 0.25) is 5.82 Å². The standard InChI is InChI=1S/C24H32N6O3/c1-32-20-14-16-13-18(24(31)25-19(16)15-21(20)33-2)22(29-11-7-3-4-8-12-29)23-26-27-28-30(23)17-9-5-6-10-17/h13-15,17,22H,3-12H2,1-2H3,(H,25,31)/p+1/t22-/m1/s1. The molecule has 1 saturated carbocycles. The van der Waals surface area contributed by atoms with Gasteiger partial charge in [0, 0.05) is 11.5 Å². The number of aromatic nitrogens is 5. The number of hydrogen-bond acceptors (Lipinski definition) is 6. The van der Waals surface area contributed by atoms with Crippen molar-refractivity contribution >= 4 is 10.9 Å². The molecule has 0 spiro atoms. The maximum atomic E-state index is 13.5. The number of ether oxygens (including phenoxy) is 2. The van der Waals surface area contributed by atoms with Crippen molar-refractivity contribution in [2.75, 3.05) is 27.3 Å². The maximum Gasteiger partial charge on any atom is 0.258 e. The van der Waals surface area contributed by atoms with E-state index in [1.165, 1.54) is 30.6 Å². The number of tetrazole rings is 1. The second kappa shape index (κ2) is 9.51. The van der Waals surface area contributed by atoms with Gasteiger partial charge in [-0.25, -0.2) is 4.68 Å². The fraction of sp³-hybridized carbons (Fsp3) is 0.583. The monoisotopic (exact) mass is 453 g/mol. The molecule has 3 aromatic rings. The molecule has 2 N–H and O–H groups in total. The summed E-state index contributed by atoms with van der Waals surface area (Å²) in [5, 5.41) is 13.9. The Morgan fingerprint density at radius 1 is 1.00 bits per heavy atom. The Hall–Kier alpha value is -2.94. The number of aromatic amines is 1. The molecule has 9 nitrogen and oxygen atoms in total. The number of methoxy groups -OCH3 is 2. The molecule has 176 valence electrons. The second-order valence-corrected chi connectivity index (χ2v) is 9.27. The lowest BCUT2D eigenvalue weighted by molar-refractivity contribution is -0.925. The van der Waals surface area contributed by atoms with Crippen LogP contribution in [0.5, 0.6) is 11.5 Å². The summed E-state index contributed by atoms with van der Waals surface area (Å²) < 4.78 is 12.9. The third kappa shape index (κ3) is 4.21. The summed E-state index contributed by atoms with van der Waals surface area (Å²) in [5.74, 6) is 2.04. The second-order valence-electron chi connectivity index (χ2n) is 9.27. The van der Waals surface area contributed by atoms with Crippen LogP contribution >= 0.6 is 0 Å². The molecular weight excluding hydrogens is 420 g/mol. The molecule has 1 aliphatic carbocycles. The molecule has 2 aromatic heterocycles. The van der Waals surface area contributed by atoms with Crippen LogP contribution in [-0.4, -0.2) is 52.5 Å².